The van der Waals surface area contributed by atoms with Crippen LogP contribution < -0.4 is 14.4 Å². The van der Waals surface area contributed by atoms with Crippen LogP contribution in [0.1, 0.15) is 13.8 Å². The molecule has 0 spiro atoms. The van der Waals surface area contributed by atoms with E-state index >= 15 is 0 Å². The van der Waals surface area contributed by atoms with Gasteiger partial charge in [0.1, 0.15) is 5.75 Å². The Morgan fingerprint density at radius 2 is 1.92 bits per heavy atom. The zero-order valence-electron chi connectivity index (χ0n) is 14.6. The fraction of sp³-hybridized carbons (Fsp3) is 0.278. The first-order chi connectivity index (χ1) is 12.3. The summed E-state index contributed by atoms with van der Waals surface area (Å²) in [5.41, 5.74) is 0.601. The van der Waals surface area contributed by atoms with Crippen LogP contribution in [0.15, 0.2) is 53.4 Å². The Labute approximate surface area is 158 Å². The highest BCUT2D eigenvalue weighted by molar-refractivity contribution is 7.89. The number of rotatable bonds is 8. The Balaban J connectivity index is 2.12. The zero-order valence-corrected chi connectivity index (χ0v) is 16.2. The summed E-state index contributed by atoms with van der Waals surface area (Å²) in [6.07, 6.45) is 0. The largest absolute Gasteiger partial charge is 0.492 e. The van der Waals surface area contributed by atoms with Gasteiger partial charge < -0.3 is 9.64 Å². The Hall–Kier alpha value is -2.09. The van der Waals surface area contributed by atoms with Gasteiger partial charge in [-0.25, -0.2) is 13.1 Å². The molecule has 1 amide bonds. The monoisotopic (exact) mass is 396 g/mol. The number of nitrogens with zero attached hydrogens (tertiary/aromatic N) is 1. The third-order valence-corrected chi connectivity index (χ3v) is 5.26. The van der Waals surface area contributed by atoms with E-state index in [-0.39, 0.29) is 23.9 Å². The number of para-hydroxylation sites is 2. The molecule has 140 valence electrons. The number of sulfonamides is 1. The molecule has 6 nitrogen and oxygen atoms in total. The molecule has 0 aliphatic heterocycles. The summed E-state index contributed by atoms with van der Waals surface area (Å²) in [5, 5.41) is 0.337. The summed E-state index contributed by atoms with van der Waals surface area (Å²) in [4.78, 5) is 13.6. The standard InChI is InChI=1S/C18H21ClN2O4S/c1-3-25-18-10-5-4-9-17(18)21(14(2)22)12-11-20-26(23,24)16-8-6-7-15(19)13-16/h4-10,13,20H,3,11-12H2,1-2H3. The Morgan fingerprint density at radius 3 is 2.58 bits per heavy atom. The first-order valence-electron chi connectivity index (χ1n) is 8.10. The predicted octanol–water partition coefficient (Wildman–Crippen LogP) is 3.07. The molecule has 0 saturated carbocycles. The molecular formula is C18H21ClN2O4S. The third kappa shape index (κ3) is 5.20. The van der Waals surface area contributed by atoms with Crippen molar-refractivity contribution in [2.45, 2.75) is 18.7 Å². The average molecular weight is 397 g/mol. The molecule has 0 fully saturated rings. The molecule has 0 radical (unpaired) electrons. The number of hydrogen-bond donors (Lipinski definition) is 1. The number of anilines is 1. The fourth-order valence-corrected chi connectivity index (χ4v) is 3.74. The van der Waals surface area contributed by atoms with Crippen LogP contribution in [0.2, 0.25) is 5.02 Å². The van der Waals surface area contributed by atoms with Gasteiger partial charge in [0.15, 0.2) is 0 Å². The van der Waals surface area contributed by atoms with Crippen LogP contribution in [0.3, 0.4) is 0 Å². The maximum atomic E-state index is 12.3. The van der Waals surface area contributed by atoms with Crippen LogP contribution >= 0.6 is 11.6 Å². The van der Waals surface area contributed by atoms with Crippen LogP contribution in [0.25, 0.3) is 0 Å². The van der Waals surface area contributed by atoms with Crippen molar-refractivity contribution in [3.8, 4) is 5.75 Å². The molecule has 8 heteroatoms. The number of halogens is 1. The van der Waals surface area contributed by atoms with Gasteiger partial charge in [-0.3, -0.25) is 4.79 Å². The second-order valence-electron chi connectivity index (χ2n) is 5.43. The number of carbonyl (C=O) groups excluding carboxylic acids is 1. The van der Waals surface area contributed by atoms with E-state index < -0.39 is 10.0 Å². The van der Waals surface area contributed by atoms with Gasteiger partial charge in [0.05, 0.1) is 17.2 Å². The number of carbonyl (C=O) groups is 1. The summed E-state index contributed by atoms with van der Waals surface area (Å²) in [6.45, 7) is 3.96. The fourth-order valence-electron chi connectivity index (χ4n) is 2.41. The number of amides is 1. The lowest BCUT2D eigenvalue weighted by Gasteiger charge is -2.23. The summed E-state index contributed by atoms with van der Waals surface area (Å²) < 4.78 is 32.7. The van der Waals surface area contributed by atoms with Crippen LogP contribution in [-0.2, 0) is 14.8 Å². The molecule has 0 saturated heterocycles. The highest BCUT2D eigenvalue weighted by atomic mass is 35.5. The highest BCUT2D eigenvalue weighted by Gasteiger charge is 2.18. The van der Waals surface area contributed by atoms with Crippen molar-refractivity contribution in [1.29, 1.82) is 0 Å². The van der Waals surface area contributed by atoms with Gasteiger partial charge in [0.2, 0.25) is 15.9 Å². The minimum Gasteiger partial charge on any atom is -0.492 e. The molecule has 0 bridgehead atoms. The van der Waals surface area contributed by atoms with Crippen molar-refractivity contribution in [2.24, 2.45) is 0 Å². The van der Waals surface area contributed by atoms with Crippen LogP contribution in [0, 0.1) is 0 Å². The van der Waals surface area contributed by atoms with Crippen LogP contribution in [-0.4, -0.2) is 34.0 Å². The molecule has 0 aliphatic rings. The van der Waals surface area contributed by atoms with E-state index in [4.69, 9.17) is 16.3 Å². The van der Waals surface area contributed by atoms with E-state index in [1.165, 1.54) is 24.0 Å². The van der Waals surface area contributed by atoms with E-state index in [0.29, 0.717) is 23.1 Å². The lowest BCUT2D eigenvalue weighted by Crippen LogP contribution is -2.37. The molecule has 0 atom stereocenters. The van der Waals surface area contributed by atoms with Crippen LogP contribution in [0.4, 0.5) is 5.69 Å². The molecule has 2 aromatic carbocycles. The molecule has 0 unspecified atom stereocenters. The first kappa shape index (κ1) is 20.2. The van der Waals surface area contributed by atoms with Gasteiger partial charge in [-0.15, -0.1) is 0 Å². The molecule has 26 heavy (non-hydrogen) atoms. The second kappa shape index (κ2) is 9.02. The lowest BCUT2D eigenvalue weighted by molar-refractivity contribution is -0.116. The maximum absolute atomic E-state index is 12.3. The van der Waals surface area contributed by atoms with Gasteiger partial charge in [-0.05, 0) is 37.3 Å². The predicted molar refractivity (Wildman–Crippen MR) is 102 cm³/mol. The number of benzene rings is 2. The quantitative estimate of drug-likeness (QED) is 0.744. The molecule has 0 aromatic heterocycles. The average Bonchev–Trinajstić information content (AvgIpc) is 2.59. The zero-order chi connectivity index (χ0) is 19.2. The maximum Gasteiger partial charge on any atom is 0.240 e. The minimum atomic E-state index is -3.71. The Morgan fingerprint density at radius 1 is 1.19 bits per heavy atom. The molecule has 0 heterocycles. The van der Waals surface area contributed by atoms with Crippen molar-refractivity contribution in [3.63, 3.8) is 0 Å². The van der Waals surface area contributed by atoms with Crippen molar-refractivity contribution in [2.75, 3.05) is 24.6 Å². The summed E-state index contributed by atoms with van der Waals surface area (Å²) in [5.74, 6) is 0.363. The van der Waals surface area contributed by atoms with E-state index in [2.05, 4.69) is 4.72 Å². The third-order valence-electron chi connectivity index (χ3n) is 3.57. The van der Waals surface area contributed by atoms with Gasteiger partial charge in [-0.2, -0.15) is 0 Å². The van der Waals surface area contributed by atoms with Gasteiger partial charge in [-0.1, -0.05) is 29.8 Å². The summed E-state index contributed by atoms with van der Waals surface area (Å²) in [7, 11) is -3.71. The molecule has 0 aliphatic carbocycles. The van der Waals surface area contributed by atoms with Crippen molar-refractivity contribution in [1.82, 2.24) is 4.72 Å². The van der Waals surface area contributed by atoms with Crippen LogP contribution in [0.5, 0.6) is 5.75 Å². The second-order valence-corrected chi connectivity index (χ2v) is 7.63. The highest BCUT2D eigenvalue weighted by Crippen LogP contribution is 2.28. The topological polar surface area (TPSA) is 75.7 Å². The van der Waals surface area contributed by atoms with E-state index in [1.807, 2.05) is 13.0 Å². The molecule has 1 N–H and O–H groups in total. The minimum absolute atomic E-state index is 0.0505. The molecule has 2 rings (SSSR count). The van der Waals surface area contributed by atoms with E-state index in [9.17, 15) is 13.2 Å². The number of nitrogens with one attached hydrogen (secondary N) is 1. The normalized spacial score (nSPS) is 11.2. The molecular weight excluding hydrogens is 376 g/mol. The van der Waals surface area contributed by atoms with E-state index in [1.54, 1.807) is 30.3 Å². The first-order valence-corrected chi connectivity index (χ1v) is 9.96. The summed E-state index contributed by atoms with van der Waals surface area (Å²) >= 11 is 5.85. The number of hydrogen-bond acceptors (Lipinski definition) is 4. The van der Waals surface area contributed by atoms with Crippen molar-refractivity contribution in [3.05, 3.63) is 53.6 Å². The Kier molecular flexibility index (Phi) is 7.02. The van der Waals surface area contributed by atoms with Gasteiger partial charge in [0, 0.05) is 25.0 Å². The number of ether oxygens (including phenoxy) is 1. The lowest BCUT2D eigenvalue weighted by atomic mass is 10.2. The molecule has 2 aromatic rings. The van der Waals surface area contributed by atoms with Gasteiger partial charge >= 0.3 is 0 Å². The van der Waals surface area contributed by atoms with Crippen molar-refractivity contribution < 1.29 is 17.9 Å². The summed E-state index contributed by atoms with van der Waals surface area (Å²) in [6, 6.07) is 13.1. The SMILES string of the molecule is CCOc1ccccc1N(CCNS(=O)(=O)c1cccc(Cl)c1)C(C)=O. The van der Waals surface area contributed by atoms with Crippen molar-refractivity contribution >= 4 is 33.2 Å². The van der Waals surface area contributed by atoms with Gasteiger partial charge in [0.25, 0.3) is 0 Å². The Bertz CT molecular complexity index is 871. The van der Waals surface area contributed by atoms with E-state index in [0.717, 1.165) is 0 Å². The smallest absolute Gasteiger partial charge is 0.240 e.